The van der Waals surface area contributed by atoms with Crippen molar-refractivity contribution in [3.8, 4) is 5.75 Å². The van der Waals surface area contributed by atoms with E-state index in [2.05, 4.69) is 5.32 Å². The zero-order valence-corrected chi connectivity index (χ0v) is 19.7. The third-order valence-electron chi connectivity index (χ3n) is 5.54. The summed E-state index contributed by atoms with van der Waals surface area (Å²) in [5.74, 6) is -0.337. The van der Waals surface area contributed by atoms with Crippen LogP contribution >= 0.6 is 11.6 Å². The maximum Gasteiger partial charge on any atom is 0.247 e. The van der Waals surface area contributed by atoms with Crippen molar-refractivity contribution < 1.29 is 22.7 Å². The third kappa shape index (κ3) is 5.23. The molecule has 2 aromatic carbocycles. The van der Waals surface area contributed by atoms with Crippen molar-refractivity contribution in [2.45, 2.75) is 25.6 Å². The van der Waals surface area contributed by atoms with Crippen LogP contribution in [0.15, 0.2) is 48.5 Å². The van der Waals surface area contributed by atoms with E-state index in [4.69, 9.17) is 16.3 Å². The Kier molecular flexibility index (Phi) is 7.12. The molecule has 32 heavy (non-hydrogen) atoms. The quantitative estimate of drug-likeness (QED) is 0.655. The molecule has 1 aliphatic heterocycles. The Balaban J connectivity index is 1.91. The highest BCUT2D eigenvalue weighted by atomic mass is 35.5. The van der Waals surface area contributed by atoms with E-state index in [0.29, 0.717) is 16.3 Å². The first-order valence-electron chi connectivity index (χ1n) is 9.95. The Labute approximate surface area is 193 Å². The first-order valence-corrected chi connectivity index (χ1v) is 12.2. The molecule has 2 amide bonds. The SMILES string of the molecule is COc1ccccc1CN1C(=O)CN(S(C)(=O)=O)C[C@]1(C)C(=O)NCc1ccc(Cl)cc1. The highest BCUT2D eigenvalue weighted by molar-refractivity contribution is 7.88. The number of sulfonamides is 1. The second kappa shape index (κ2) is 9.48. The molecule has 1 fully saturated rings. The zero-order chi connectivity index (χ0) is 23.5. The van der Waals surface area contributed by atoms with E-state index in [1.807, 2.05) is 12.1 Å². The number of piperazine rings is 1. The molecule has 0 aromatic heterocycles. The molecule has 1 heterocycles. The molecule has 2 aromatic rings. The molecule has 10 heteroatoms. The largest absolute Gasteiger partial charge is 0.496 e. The van der Waals surface area contributed by atoms with Gasteiger partial charge in [-0.25, -0.2) is 8.42 Å². The lowest BCUT2D eigenvalue weighted by molar-refractivity contribution is -0.153. The van der Waals surface area contributed by atoms with Gasteiger partial charge in [0.2, 0.25) is 21.8 Å². The van der Waals surface area contributed by atoms with Crippen molar-refractivity contribution in [1.82, 2.24) is 14.5 Å². The smallest absolute Gasteiger partial charge is 0.247 e. The maximum absolute atomic E-state index is 13.3. The summed E-state index contributed by atoms with van der Waals surface area (Å²) in [7, 11) is -2.15. The van der Waals surface area contributed by atoms with Gasteiger partial charge in [-0.1, -0.05) is 41.9 Å². The Hall–Kier alpha value is -2.62. The minimum absolute atomic E-state index is 0.102. The first kappa shape index (κ1) is 24.0. The molecule has 1 saturated heterocycles. The van der Waals surface area contributed by atoms with Gasteiger partial charge in [0.15, 0.2) is 0 Å². The number of methoxy groups -OCH3 is 1. The number of para-hydroxylation sites is 1. The molecule has 172 valence electrons. The van der Waals surface area contributed by atoms with Gasteiger partial charge in [-0.3, -0.25) is 9.59 Å². The summed E-state index contributed by atoms with van der Waals surface area (Å²) in [5.41, 5.74) is 0.115. The molecule has 1 aliphatic rings. The Bertz CT molecular complexity index is 1110. The van der Waals surface area contributed by atoms with Crippen LogP contribution in [0.2, 0.25) is 5.02 Å². The first-order chi connectivity index (χ1) is 15.0. The minimum Gasteiger partial charge on any atom is -0.496 e. The van der Waals surface area contributed by atoms with Gasteiger partial charge in [0.1, 0.15) is 11.3 Å². The van der Waals surface area contributed by atoms with Crippen molar-refractivity contribution in [1.29, 1.82) is 0 Å². The van der Waals surface area contributed by atoms with Crippen molar-refractivity contribution in [3.05, 3.63) is 64.7 Å². The lowest BCUT2D eigenvalue weighted by Crippen LogP contribution is -2.69. The average molecular weight is 480 g/mol. The monoisotopic (exact) mass is 479 g/mol. The molecule has 8 nitrogen and oxygen atoms in total. The summed E-state index contributed by atoms with van der Waals surface area (Å²) >= 11 is 5.91. The maximum atomic E-state index is 13.3. The predicted octanol–water partition coefficient (Wildman–Crippen LogP) is 2.03. The molecule has 0 radical (unpaired) electrons. The summed E-state index contributed by atoms with van der Waals surface area (Å²) < 4.78 is 30.8. The van der Waals surface area contributed by atoms with Gasteiger partial charge in [-0.15, -0.1) is 0 Å². The fraction of sp³-hybridized carbons (Fsp3) is 0.364. The van der Waals surface area contributed by atoms with Crippen LogP contribution in [-0.4, -0.2) is 61.4 Å². The molecule has 1 N–H and O–H groups in total. The van der Waals surface area contributed by atoms with Crippen molar-refractivity contribution >= 4 is 33.4 Å². The average Bonchev–Trinajstić information content (AvgIpc) is 2.75. The lowest BCUT2D eigenvalue weighted by atomic mass is 9.94. The van der Waals surface area contributed by atoms with Gasteiger partial charge < -0.3 is 15.0 Å². The number of nitrogens with zero attached hydrogens (tertiary/aromatic N) is 2. The van der Waals surface area contributed by atoms with E-state index in [-0.39, 0.29) is 26.2 Å². The van der Waals surface area contributed by atoms with Crippen LogP contribution in [0.3, 0.4) is 0 Å². The van der Waals surface area contributed by atoms with Crippen LogP contribution in [0.25, 0.3) is 0 Å². The molecule has 0 saturated carbocycles. The standard InChI is InChI=1S/C22H26ClN3O5S/c1-22(21(28)24-12-16-8-10-18(23)11-9-16)15-25(32(3,29)30)14-20(27)26(22)13-17-6-4-5-7-19(17)31-2/h4-11H,12-15H2,1-3H3,(H,24,28)/t22-/m1/s1. The number of amides is 2. The van der Waals surface area contributed by atoms with Crippen molar-refractivity contribution in [2.75, 3.05) is 26.5 Å². The Morgan fingerprint density at radius 3 is 2.47 bits per heavy atom. The number of nitrogens with one attached hydrogen (secondary N) is 1. The predicted molar refractivity (Wildman–Crippen MR) is 122 cm³/mol. The van der Waals surface area contributed by atoms with Crippen LogP contribution in [0.4, 0.5) is 0 Å². The van der Waals surface area contributed by atoms with Gasteiger partial charge in [-0.05, 0) is 30.7 Å². The number of benzene rings is 2. The van der Waals surface area contributed by atoms with Crippen LogP contribution in [0, 0.1) is 0 Å². The highest BCUT2D eigenvalue weighted by Crippen LogP contribution is 2.29. The zero-order valence-electron chi connectivity index (χ0n) is 18.2. The number of hydrogen-bond acceptors (Lipinski definition) is 5. The van der Waals surface area contributed by atoms with Gasteiger partial charge in [-0.2, -0.15) is 4.31 Å². The number of carbonyl (C=O) groups is 2. The normalized spacial score (nSPS) is 19.6. The number of hydrogen-bond donors (Lipinski definition) is 1. The summed E-state index contributed by atoms with van der Waals surface area (Å²) in [5, 5.41) is 3.42. The highest BCUT2D eigenvalue weighted by Gasteiger charge is 2.49. The molecule has 0 bridgehead atoms. The van der Waals surface area contributed by atoms with E-state index < -0.39 is 27.4 Å². The number of rotatable bonds is 7. The second-order valence-electron chi connectivity index (χ2n) is 7.91. The Morgan fingerprint density at radius 2 is 1.84 bits per heavy atom. The summed E-state index contributed by atoms with van der Waals surface area (Å²) in [6.07, 6.45) is 1.03. The molecule has 0 spiro atoms. The van der Waals surface area contributed by atoms with Crippen LogP contribution in [0.5, 0.6) is 5.75 Å². The summed E-state index contributed by atoms with van der Waals surface area (Å²) in [4.78, 5) is 27.8. The fourth-order valence-corrected chi connectivity index (χ4v) is 4.62. The van der Waals surface area contributed by atoms with Crippen molar-refractivity contribution in [2.24, 2.45) is 0 Å². The van der Waals surface area contributed by atoms with E-state index in [1.165, 1.54) is 12.0 Å². The third-order valence-corrected chi connectivity index (χ3v) is 6.99. The van der Waals surface area contributed by atoms with Gasteiger partial charge in [0, 0.05) is 23.7 Å². The number of ether oxygens (including phenoxy) is 1. The topological polar surface area (TPSA) is 96.0 Å². The molecule has 1 atom stereocenters. The number of carbonyl (C=O) groups excluding carboxylic acids is 2. The summed E-state index contributed by atoms with van der Waals surface area (Å²) in [6.45, 7) is 1.41. The van der Waals surface area contributed by atoms with Crippen LogP contribution < -0.4 is 10.1 Å². The van der Waals surface area contributed by atoms with E-state index in [0.717, 1.165) is 16.1 Å². The lowest BCUT2D eigenvalue weighted by Gasteiger charge is -2.46. The van der Waals surface area contributed by atoms with Gasteiger partial charge >= 0.3 is 0 Å². The minimum atomic E-state index is -3.68. The van der Waals surface area contributed by atoms with E-state index in [1.54, 1.807) is 43.3 Å². The second-order valence-corrected chi connectivity index (χ2v) is 10.3. The molecular formula is C22H26ClN3O5S. The summed E-state index contributed by atoms with van der Waals surface area (Å²) in [6, 6.07) is 14.2. The molecule has 0 aliphatic carbocycles. The van der Waals surface area contributed by atoms with Gasteiger partial charge in [0.25, 0.3) is 0 Å². The van der Waals surface area contributed by atoms with E-state index in [9.17, 15) is 18.0 Å². The van der Waals surface area contributed by atoms with Crippen LogP contribution in [-0.2, 0) is 32.7 Å². The fourth-order valence-electron chi connectivity index (χ4n) is 3.67. The van der Waals surface area contributed by atoms with Gasteiger partial charge in [0.05, 0.1) is 26.5 Å². The molecule has 3 rings (SSSR count). The molecular weight excluding hydrogens is 454 g/mol. The van der Waals surface area contributed by atoms with Crippen molar-refractivity contribution in [3.63, 3.8) is 0 Å². The molecule has 0 unspecified atom stereocenters. The Morgan fingerprint density at radius 1 is 1.19 bits per heavy atom. The number of halogens is 1. The van der Waals surface area contributed by atoms with E-state index >= 15 is 0 Å². The van der Waals surface area contributed by atoms with Crippen LogP contribution in [0.1, 0.15) is 18.1 Å².